The topological polar surface area (TPSA) is 37.3 Å². The molecular weight excluding hydrogens is 386 g/mol. The van der Waals surface area contributed by atoms with Gasteiger partial charge >= 0.3 is 0 Å². The van der Waals surface area contributed by atoms with Gasteiger partial charge in [-0.05, 0) is 48.4 Å². The number of rotatable bonds is 7. The highest BCUT2D eigenvalue weighted by Crippen LogP contribution is 2.28. The first-order valence-electron chi connectivity index (χ1n) is 10.7. The number of aryl methyl sites for hydroxylation is 1. The van der Waals surface area contributed by atoms with E-state index in [1.807, 2.05) is 54.7 Å². The second kappa shape index (κ2) is 10.0. The van der Waals surface area contributed by atoms with Gasteiger partial charge in [-0.2, -0.15) is 5.10 Å². The number of hydrazone groups is 1. The molecular formula is C26H29N3O2. The molecule has 5 nitrogen and oxygen atoms in total. The lowest BCUT2D eigenvalue weighted by atomic mass is 10.2. The van der Waals surface area contributed by atoms with Crippen molar-refractivity contribution in [3.8, 4) is 11.5 Å². The Morgan fingerprint density at radius 2 is 1.61 bits per heavy atom. The highest BCUT2D eigenvalue weighted by molar-refractivity contribution is 5.80. The second-order valence-electron chi connectivity index (χ2n) is 7.71. The summed E-state index contributed by atoms with van der Waals surface area (Å²) in [5.74, 6) is 1.44. The fraction of sp³-hybridized carbons (Fsp3) is 0.269. The van der Waals surface area contributed by atoms with Gasteiger partial charge < -0.3 is 14.4 Å². The first-order valence-corrected chi connectivity index (χ1v) is 10.7. The largest absolute Gasteiger partial charge is 0.493 e. The molecule has 1 saturated heterocycles. The van der Waals surface area contributed by atoms with Gasteiger partial charge in [0.1, 0.15) is 6.61 Å². The Kier molecular flexibility index (Phi) is 6.72. The van der Waals surface area contributed by atoms with Gasteiger partial charge in [-0.15, -0.1) is 0 Å². The Bertz CT molecular complexity index is 995. The summed E-state index contributed by atoms with van der Waals surface area (Å²) in [7, 11) is 1.66. The summed E-state index contributed by atoms with van der Waals surface area (Å²) in [5, 5.41) is 6.82. The van der Waals surface area contributed by atoms with Crippen LogP contribution in [-0.2, 0) is 6.61 Å². The van der Waals surface area contributed by atoms with E-state index in [-0.39, 0.29) is 0 Å². The number of methoxy groups -OCH3 is 1. The lowest BCUT2D eigenvalue weighted by Crippen LogP contribution is -2.44. The van der Waals surface area contributed by atoms with Crippen molar-refractivity contribution in [2.45, 2.75) is 13.5 Å². The maximum Gasteiger partial charge on any atom is 0.162 e. The van der Waals surface area contributed by atoms with Crippen LogP contribution in [0.2, 0.25) is 0 Å². The quantitative estimate of drug-likeness (QED) is 0.523. The minimum Gasteiger partial charge on any atom is -0.493 e. The van der Waals surface area contributed by atoms with Gasteiger partial charge in [0.25, 0.3) is 0 Å². The molecule has 0 aromatic heterocycles. The SMILES string of the molecule is COc1ccc(C=NN2CCN(c3ccc(C)cc3)CC2)cc1OCc1ccccc1. The maximum absolute atomic E-state index is 6.01. The first-order chi connectivity index (χ1) is 15.2. The highest BCUT2D eigenvalue weighted by Gasteiger charge is 2.15. The van der Waals surface area contributed by atoms with Crippen LogP contribution in [0.3, 0.4) is 0 Å². The number of nitrogens with zero attached hydrogens (tertiary/aromatic N) is 3. The number of ether oxygens (including phenoxy) is 2. The van der Waals surface area contributed by atoms with E-state index in [2.05, 4.69) is 41.1 Å². The number of piperazine rings is 1. The van der Waals surface area contributed by atoms with E-state index in [4.69, 9.17) is 14.6 Å². The molecule has 0 bridgehead atoms. The standard InChI is InChI=1S/C26H29N3O2/c1-21-8-11-24(12-9-21)28-14-16-29(17-15-28)27-19-23-10-13-25(30-2)26(18-23)31-20-22-6-4-3-5-7-22/h3-13,18-19H,14-17,20H2,1-2H3. The summed E-state index contributed by atoms with van der Waals surface area (Å²) in [6.45, 7) is 6.35. The number of hydrogen-bond acceptors (Lipinski definition) is 5. The normalized spacial score (nSPS) is 14.1. The van der Waals surface area contributed by atoms with Gasteiger partial charge in [0, 0.05) is 18.8 Å². The molecule has 0 radical (unpaired) electrons. The van der Waals surface area contributed by atoms with Crippen LogP contribution < -0.4 is 14.4 Å². The van der Waals surface area contributed by atoms with Crippen LogP contribution in [0.4, 0.5) is 5.69 Å². The Balaban J connectivity index is 1.36. The lowest BCUT2D eigenvalue weighted by molar-refractivity contribution is 0.272. The molecule has 5 heteroatoms. The van der Waals surface area contributed by atoms with Crippen LogP contribution in [0.1, 0.15) is 16.7 Å². The molecule has 1 aliphatic heterocycles. The molecule has 31 heavy (non-hydrogen) atoms. The van der Waals surface area contributed by atoms with Crippen molar-refractivity contribution in [1.29, 1.82) is 0 Å². The third-order valence-corrected chi connectivity index (χ3v) is 5.45. The molecule has 0 N–H and O–H groups in total. The first kappa shape index (κ1) is 20.8. The van der Waals surface area contributed by atoms with Crippen LogP contribution in [0.5, 0.6) is 11.5 Å². The molecule has 1 heterocycles. The van der Waals surface area contributed by atoms with Crippen molar-refractivity contribution in [1.82, 2.24) is 5.01 Å². The maximum atomic E-state index is 6.01. The number of anilines is 1. The predicted octanol–water partition coefficient (Wildman–Crippen LogP) is 4.74. The Morgan fingerprint density at radius 3 is 2.32 bits per heavy atom. The van der Waals surface area contributed by atoms with Crippen molar-refractivity contribution >= 4 is 11.9 Å². The van der Waals surface area contributed by atoms with Crippen molar-refractivity contribution in [2.24, 2.45) is 5.10 Å². The molecule has 1 aliphatic rings. The van der Waals surface area contributed by atoms with Crippen LogP contribution >= 0.6 is 0 Å². The molecule has 0 saturated carbocycles. The fourth-order valence-electron chi connectivity index (χ4n) is 3.60. The van der Waals surface area contributed by atoms with E-state index in [0.717, 1.165) is 48.8 Å². The zero-order valence-corrected chi connectivity index (χ0v) is 18.2. The van der Waals surface area contributed by atoms with Crippen LogP contribution in [-0.4, -0.2) is 44.5 Å². The summed E-state index contributed by atoms with van der Waals surface area (Å²) in [4.78, 5) is 2.41. The average molecular weight is 416 g/mol. The van der Waals surface area contributed by atoms with Gasteiger partial charge in [0.2, 0.25) is 0 Å². The third kappa shape index (κ3) is 5.57. The van der Waals surface area contributed by atoms with Crippen LogP contribution in [0.15, 0.2) is 77.9 Å². The zero-order valence-electron chi connectivity index (χ0n) is 18.2. The van der Waals surface area contributed by atoms with E-state index in [1.165, 1.54) is 11.3 Å². The highest BCUT2D eigenvalue weighted by atomic mass is 16.5. The lowest BCUT2D eigenvalue weighted by Gasteiger charge is -2.34. The summed E-state index contributed by atoms with van der Waals surface area (Å²) in [6.07, 6.45) is 1.90. The van der Waals surface area contributed by atoms with E-state index < -0.39 is 0 Å². The summed E-state index contributed by atoms with van der Waals surface area (Å²) in [6, 6.07) is 24.8. The molecule has 0 unspecified atom stereocenters. The molecule has 4 rings (SSSR count). The summed E-state index contributed by atoms with van der Waals surface area (Å²) < 4.78 is 11.5. The molecule has 0 amide bonds. The molecule has 0 spiro atoms. The van der Waals surface area contributed by atoms with E-state index in [9.17, 15) is 0 Å². The Hall–Kier alpha value is -3.47. The smallest absolute Gasteiger partial charge is 0.162 e. The molecule has 3 aromatic carbocycles. The van der Waals surface area contributed by atoms with Crippen molar-refractivity contribution in [3.05, 3.63) is 89.5 Å². The third-order valence-electron chi connectivity index (χ3n) is 5.45. The molecule has 1 fully saturated rings. The minimum atomic E-state index is 0.499. The van der Waals surface area contributed by atoms with E-state index >= 15 is 0 Å². The predicted molar refractivity (Wildman–Crippen MR) is 126 cm³/mol. The van der Waals surface area contributed by atoms with Crippen molar-refractivity contribution in [2.75, 3.05) is 38.2 Å². The summed E-state index contributed by atoms with van der Waals surface area (Å²) in [5.41, 5.74) is 4.68. The molecule has 3 aromatic rings. The zero-order chi connectivity index (χ0) is 21.5. The fourth-order valence-corrected chi connectivity index (χ4v) is 3.60. The van der Waals surface area contributed by atoms with Crippen LogP contribution in [0.25, 0.3) is 0 Å². The van der Waals surface area contributed by atoms with Crippen LogP contribution in [0, 0.1) is 6.92 Å². The van der Waals surface area contributed by atoms with Gasteiger partial charge in [-0.1, -0.05) is 48.0 Å². The van der Waals surface area contributed by atoms with Gasteiger partial charge in [0.15, 0.2) is 11.5 Å². The molecule has 0 aliphatic carbocycles. The van der Waals surface area contributed by atoms with E-state index in [0.29, 0.717) is 6.61 Å². The molecule has 160 valence electrons. The minimum absolute atomic E-state index is 0.499. The van der Waals surface area contributed by atoms with Crippen molar-refractivity contribution < 1.29 is 9.47 Å². The van der Waals surface area contributed by atoms with Gasteiger partial charge in [-0.3, -0.25) is 5.01 Å². The Labute approximate surface area is 184 Å². The van der Waals surface area contributed by atoms with Crippen molar-refractivity contribution in [3.63, 3.8) is 0 Å². The number of benzene rings is 3. The molecule has 0 atom stereocenters. The van der Waals surface area contributed by atoms with Gasteiger partial charge in [0.05, 0.1) is 26.4 Å². The number of hydrogen-bond donors (Lipinski definition) is 0. The summed E-state index contributed by atoms with van der Waals surface area (Å²) >= 11 is 0. The Morgan fingerprint density at radius 1 is 0.871 bits per heavy atom. The monoisotopic (exact) mass is 415 g/mol. The van der Waals surface area contributed by atoms with Gasteiger partial charge in [-0.25, -0.2) is 0 Å². The second-order valence-corrected chi connectivity index (χ2v) is 7.71. The van der Waals surface area contributed by atoms with E-state index in [1.54, 1.807) is 7.11 Å². The average Bonchev–Trinajstić information content (AvgIpc) is 2.83.